The van der Waals surface area contributed by atoms with Crippen molar-refractivity contribution >= 4 is 17.1 Å². The number of nitrogens with zero attached hydrogens (tertiary/aromatic N) is 1. The zero-order valence-electron chi connectivity index (χ0n) is 37.1. The minimum absolute atomic E-state index is 0.0904. The third-order valence-electron chi connectivity index (χ3n) is 16.0. The van der Waals surface area contributed by atoms with Crippen LogP contribution in [0, 0.1) is 11.8 Å². The van der Waals surface area contributed by atoms with E-state index in [1.807, 2.05) is 0 Å². The Bertz CT molecular complexity index is 3280. The molecule has 13 rings (SSSR count). The molecule has 65 heavy (non-hydrogen) atoms. The Hall–Kier alpha value is -7.22. The lowest BCUT2D eigenvalue weighted by Crippen LogP contribution is -2.32. The van der Waals surface area contributed by atoms with Gasteiger partial charge >= 0.3 is 0 Å². The highest BCUT2D eigenvalue weighted by molar-refractivity contribution is 5.93. The predicted molar refractivity (Wildman–Crippen MR) is 272 cm³/mol. The molecule has 3 atom stereocenters. The Balaban J connectivity index is 0.929. The van der Waals surface area contributed by atoms with Crippen molar-refractivity contribution in [1.29, 1.82) is 0 Å². The van der Waals surface area contributed by atoms with Gasteiger partial charge < -0.3 is 4.90 Å². The Labute approximate surface area is 383 Å². The second-order valence-corrected chi connectivity index (χ2v) is 19.6. The van der Waals surface area contributed by atoms with Crippen LogP contribution < -0.4 is 4.90 Å². The summed E-state index contributed by atoms with van der Waals surface area (Å²) in [5.74, 6) is 1.51. The summed E-state index contributed by atoms with van der Waals surface area (Å²) >= 11 is 0. The van der Waals surface area contributed by atoms with Crippen molar-refractivity contribution < 1.29 is 0 Å². The number of fused-ring (bicyclic) bond motifs is 11. The first-order valence-electron chi connectivity index (χ1n) is 23.7. The van der Waals surface area contributed by atoms with Gasteiger partial charge in [-0.15, -0.1) is 0 Å². The van der Waals surface area contributed by atoms with Gasteiger partial charge in [0.25, 0.3) is 0 Å². The Morgan fingerprint density at radius 1 is 0.385 bits per heavy atom. The number of hydrogen-bond acceptors (Lipinski definition) is 1. The van der Waals surface area contributed by atoms with E-state index in [1.165, 1.54) is 121 Å². The van der Waals surface area contributed by atoms with Gasteiger partial charge in [-0.1, -0.05) is 202 Å². The molecule has 4 aliphatic carbocycles. The van der Waals surface area contributed by atoms with Crippen molar-refractivity contribution in [2.75, 3.05) is 4.90 Å². The van der Waals surface area contributed by atoms with Crippen molar-refractivity contribution in [1.82, 2.24) is 0 Å². The Kier molecular flexibility index (Phi) is 8.63. The molecule has 2 bridgehead atoms. The topological polar surface area (TPSA) is 3.24 Å². The summed E-state index contributed by atoms with van der Waals surface area (Å²) in [6.07, 6.45) is 5.32. The first-order chi connectivity index (χ1) is 32.0. The van der Waals surface area contributed by atoms with E-state index in [4.69, 9.17) is 0 Å². The van der Waals surface area contributed by atoms with Gasteiger partial charge in [0.05, 0.1) is 5.69 Å². The van der Waals surface area contributed by atoms with Crippen LogP contribution >= 0.6 is 0 Å². The maximum Gasteiger partial charge on any atom is 0.0540 e. The fraction of sp³-hybridized carbons (Fsp3) is 0.156. The van der Waals surface area contributed by atoms with Crippen molar-refractivity contribution in [3.05, 3.63) is 235 Å². The van der Waals surface area contributed by atoms with Crippen LogP contribution in [0.3, 0.4) is 0 Å². The van der Waals surface area contributed by atoms with E-state index in [2.05, 4.69) is 231 Å². The Morgan fingerprint density at radius 3 is 1.57 bits per heavy atom. The average molecular weight is 834 g/mol. The number of benzene rings is 9. The number of anilines is 3. The van der Waals surface area contributed by atoms with Gasteiger partial charge in [0.2, 0.25) is 0 Å². The van der Waals surface area contributed by atoms with E-state index in [0.717, 1.165) is 11.6 Å². The number of para-hydroxylation sites is 1. The molecular formula is C64H51N. The van der Waals surface area contributed by atoms with Crippen LogP contribution in [0.1, 0.15) is 61.8 Å². The van der Waals surface area contributed by atoms with Gasteiger partial charge in [-0.05, 0) is 145 Å². The summed E-state index contributed by atoms with van der Waals surface area (Å²) in [6, 6.07) is 79.8. The minimum Gasteiger partial charge on any atom is -0.310 e. The van der Waals surface area contributed by atoms with Crippen LogP contribution in [0.5, 0.6) is 0 Å². The van der Waals surface area contributed by atoms with Crippen molar-refractivity contribution in [2.24, 2.45) is 11.8 Å². The van der Waals surface area contributed by atoms with Crippen LogP contribution in [0.2, 0.25) is 0 Å². The van der Waals surface area contributed by atoms with Gasteiger partial charge in [0.15, 0.2) is 0 Å². The van der Waals surface area contributed by atoms with Gasteiger partial charge in [-0.25, -0.2) is 0 Å². The van der Waals surface area contributed by atoms with Gasteiger partial charge in [0.1, 0.15) is 0 Å². The lowest BCUT2D eigenvalue weighted by Gasteiger charge is -2.37. The highest BCUT2D eigenvalue weighted by atomic mass is 15.1. The Morgan fingerprint density at radius 2 is 0.892 bits per heavy atom. The highest BCUT2D eigenvalue weighted by Gasteiger charge is 2.56. The molecule has 0 aromatic heterocycles. The summed E-state index contributed by atoms with van der Waals surface area (Å²) in [4.78, 5) is 2.54. The van der Waals surface area contributed by atoms with E-state index in [1.54, 1.807) is 5.56 Å². The molecule has 1 spiro atoms. The normalized spacial score (nSPS) is 19.2. The highest BCUT2D eigenvalue weighted by Crippen LogP contribution is 2.66. The quantitative estimate of drug-likeness (QED) is 0.155. The van der Waals surface area contributed by atoms with Crippen LogP contribution in [-0.4, -0.2) is 0 Å². The van der Waals surface area contributed by atoms with E-state index in [-0.39, 0.29) is 10.8 Å². The minimum atomic E-state index is -0.0923. The first kappa shape index (κ1) is 38.3. The second kappa shape index (κ2) is 14.7. The van der Waals surface area contributed by atoms with Crippen LogP contribution in [0.25, 0.3) is 66.8 Å². The maximum absolute atomic E-state index is 2.59. The molecule has 3 unspecified atom stereocenters. The molecule has 1 nitrogen and oxygen atoms in total. The van der Waals surface area contributed by atoms with E-state index in [9.17, 15) is 0 Å². The third-order valence-corrected chi connectivity index (χ3v) is 16.0. The molecule has 2 fully saturated rings. The number of hydrogen-bond donors (Lipinski definition) is 0. The summed E-state index contributed by atoms with van der Waals surface area (Å²) in [7, 11) is 0. The van der Waals surface area contributed by atoms with Crippen LogP contribution in [-0.2, 0) is 10.8 Å². The lowest BCUT2D eigenvalue weighted by atomic mass is 9.67. The van der Waals surface area contributed by atoms with Crippen molar-refractivity contribution in [3.63, 3.8) is 0 Å². The zero-order chi connectivity index (χ0) is 43.3. The SMILES string of the molecule is CC1(C)c2ccccc2-c2cccc(-c3ccc(N(c4ccc5c(c4)C4(CC6CCC4C6)c4ccccc4-5)c4ccccc4-c4ccc(-c5ccc(-c6ccccc6)cc5)cc4)cc3)c21. The molecule has 9 aromatic rings. The maximum atomic E-state index is 2.59. The van der Waals surface area contributed by atoms with Gasteiger partial charge in [-0.2, -0.15) is 0 Å². The fourth-order valence-corrected chi connectivity index (χ4v) is 13.1. The zero-order valence-corrected chi connectivity index (χ0v) is 37.1. The predicted octanol–water partition coefficient (Wildman–Crippen LogP) is 17.2. The van der Waals surface area contributed by atoms with Crippen LogP contribution in [0.15, 0.2) is 212 Å². The lowest BCUT2D eigenvalue weighted by molar-refractivity contribution is 0.327. The fourth-order valence-electron chi connectivity index (χ4n) is 13.1. The summed E-state index contributed by atoms with van der Waals surface area (Å²) in [6.45, 7) is 4.77. The van der Waals surface area contributed by atoms with Crippen LogP contribution in [0.4, 0.5) is 17.1 Å². The molecule has 4 aliphatic rings. The van der Waals surface area contributed by atoms with E-state index < -0.39 is 0 Å². The molecule has 0 radical (unpaired) electrons. The monoisotopic (exact) mass is 833 g/mol. The standard InChI is InChI=1S/C64H51N/c1-63(2)58-20-9-6-17-55(58)57-19-12-18-53(62(57)63)48-32-35-50(36-33-48)65(51-37-38-56-54-16-7-10-21-59(54)64(60(56)40-51)41-42-23-34-49(64)39-42)61-22-11-8-15-52(61)47-30-28-46(29-31-47)45-26-24-44(25-27-45)43-13-4-3-5-14-43/h3-22,24-33,35-38,40,42,49H,23,34,39,41H2,1-2H3. The molecule has 0 N–H and O–H groups in total. The van der Waals surface area contributed by atoms with Gasteiger partial charge in [0, 0.05) is 27.8 Å². The molecule has 2 saturated carbocycles. The molecule has 0 heterocycles. The molecule has 9 aromatic carbocycles. The summed E-state index contributed by atoms with van der Waals surface area (Å²) in [5, 5.41) is 0. The van der Waals surface area contributed by atoms with Crippen molar-refractivity contribution in [2.45, 2.75) is 50.4 Å². The van der Waals surface area contributed by atoms with Gasteiger partial charge in [-0.3, -0.25) is 0 Å². The summed E-state index contributed by atoms with van der Waals surface area (Å²) < 4.78 is 0. The smallest absolute Gasteiger partial charge is 0.0540 e. The number of rotatable bonds is 7. The summed E-state index contributed by atoms with van der Waals surface area (Å²) in [5.41, 5.74) is 24.9. The van der Waals surface area contributed by atoms with E-state index in [0.29, 0.717) is 5.92 Å². The second-order valence-electron chi connectivity index (χ2n) is 19.6. The van der Waals surface area contributed by atoms with E-state index >= 15 is 0 Å². The average Bonchev–Trinajstić information content (AvgIpc) is 4.12. The van der Waals surface area contributed by atoms with Crippen molar-refractivity contribution in [3.8, 4) is 66.8 Å². The molecular weight excluding hydrogens is 783 g/mol. The third kappa shape index (κ3) is 5.84. The molecule has 312 valence electrons. The molecule has 0 saturated heterocycles. The molecule has 0 aliphatic heterocycles. The first-order valence-corrected chi connectivity index (χ1v) is 23.7. The largest absolute Gasteiger partial charge is 0.310 e. The molecule has 0 amide bonds. The molecule has 1 heteroatoms.